The quantitative estimate of drug-likeness (QED) is 0.756. The molecule has 3 rings (SSSR count). The summed E-state index contributed by atoms with van der Waals surface area (Å²) in [6.07, 6.45) is 0.758. The Labute approximate surface area is 155 Å². The van der Waals surface area contributed by atoms with Crippen molar-refractivity contribution in [3.63, 3.8) is 0 Å². The number of hydrogen-bond acceptors (Lipinski definition) is 4. The van der Waals surface area contributed by atoms with E-state index in [9.17, 15) is 4.79 Å². The number of amides is 1. The summed E-state index contributed by atoms with van der Waals surface area (Å²) in [4.78, 5) is 20.2. The lowest BCUT2D eigenvalue weighted by Crippen LogP contribution is -2.48. The number of ether oxygens (including phenoxy) is 1. The average Bonchev–Trinajstić information content (AvgIpc) is 2.96. The lowest BCUT2D eigenvalue weighted by molar-refractivity contribution is -0.0550. The highest BCUT2D eigenvalue weighted by molar-refractivity contribution is 9.10. The summed E-state index contributed by atoms with van der Waals surface area (Å²) in [5.74, 6) is 0.0719. The molecule has 0 aliphatic carbocycles. The Bertz CT molecular complexity index is 729. The van der Waals surface area contributed by atoms with Crippen LogP contribution in [-0.4, -0.2) is 35.0 Å². The summed E-state index contributed by atoms with van der Waals surface area (Å²) >= 11 is 4.97. The smallest absolute Gasteiger partial charge is 0.266 e. The number of morpholine rings is 1. The Morgan fingerprint density at radius 3 is 2.75 bits per heavy atom. The zero-order chi connectivity index (χ0) is 17.3. The minimum atomic E-state index is -0.102. The fourth-order valence-corrected chi connectivity index (χ4v) is 4.26. The molecule has 1 aliphatic heterocycles. The molecular formula is C18H21BrN2O2S. The number of aryl methyl sites for hydroxylation is 2. The molecule has 4 nitrogen and oxygen atoms in total. The van der Waals surface area contributed by atoms with Crippen LogP contribution in [-0.2, 0) is 11.2 Å². The molecule has 2 atom stereocenters. The van der Waals surface area contributed by atoms with Gasteiger partial charge in [0.25, 0.3) is 5.91 Å². The summed E-state index contributed by atoms with van der Waals surface area (Å²) in [7, 11) is 0. The Morgan fingerprint density at radius 2 is 2.12 bits per heavy atom. The maximum Gasteiger partial charge on any atom is 0.266 e. The molecule has 0 bridgehead atoms. The van der Waals surface area contributed by atoms with Crippen molar-refractivity contribution in [2.45, 2.75) is 39.3 Å². The molecule has 1 aromatic heterocycles. The maximum atomic E-state index is 13.0. The number of thiazole rings is 1. The van der Waals surface area contributed by atoms with Gasteiger partial charge in [0.2, 0.25) is 0 Å². The minimum Gasteiger partial charge on any atom is -0.370 e. The third-order valence-corrected chi connectivity index (χ3v) is 6.17. The first-order chi connectivity index (χ1) is 11.5. The third kappa shape index (κ3) is 3.41. The van der Waals surface area contributed by atoms with E-state index >= 15 is 0 Å². The van der Waals surface area contributed by atoms with Crippen LogP contribution in [0.3, 0.4) is 0 Å². The molecule has 1 amide bonds. The Morgan fingerprint density at radius 1 is 1.42 bits per heavy atom. The van der Waals surface area contributed by atoms with E-state index in [4.69, 9.17) is 4.74 Å². The zero-order valence-corrected chi connectivity index (χ0v) is 16.5. The number of carbonyl (C=O) groups is 1. The lowest BCUT2D eigenvalue weighted by atomic mass is 10.0. The van der Waals surface area contributed by atoms with Gasteiger partial charge in [-0.2, -0.15) is 0 Å². The summed E-state index contributed by atoms with van der Waals surface area (Å²) in [5, 5.41) is 1.02. The van der Waals surface area contributed by atoms with E-state index in [0.717, 1.165) is 32.0 Å². The van der Waals surface area contributed by atoms with Crippen LogP contribution in [0.2, 0.25) is 0 Å². The number of rotatable bonds is 3. The molecule has 2 aromatic rings. The first-order valence-corrected chi connectivity index (χ1v) is 9.76. The van der Waals surface area contributed by atoms with E-state index in [0.29, 0.717) is 13.2 Å². The van der Waals surface area contributed by atoms with Crippen molar-refractivity contribution in [3.8, 4) is 0 Å². The Balaban J connectivity index is 1.83. The maximum absolute atomic E-state index is 13.0. The number of aromatic nitrogens is 1. The molecule has 1 aliphatic rings. The predicted octanol–water partition coefficient (Wildman–Crippen LogP) is 4.38. The van der Waals surface area contributed by atoms with Crippen molar-refractivity contribution in [2.75, 3.05) is 13.2 Å². The number of halogens is 1. The minimum absolute atomic E-state index is 0.0148. The molecule has 24 heavy (non-hydrogen) atoms. The predicted molar refractivity (Wildman–Crippen MR) is 99.6 cm³/mol. The molecule has 6 heteroatoms. The summed E-state index contributed by atoms with van der Waals surface area (Å²) in [6, 6.07) is 8.10. The molecular weight excluding hydrogens is 388 g/mol. The van der Waals surface area contributed by atoms with Crippen LogP contribution >= 0.6 is 27.3 Å². The Hall–Kier alpha value is -1.24. The van der Waals surface area contributed by atoms with E-state index in [1.807, 2.05) is 36.1 Å². The summed E-state index contributed by atoms with van der Waals surface area (Å²) in [5.41, 5.74) is 1.93. The highest BCUT2D eigenvalue weighted by atomic mass is 79.9. The van der Waals surface area contributed by atoms with Crippen molar-refractivity contribution in [3.05, 3.63) is 49.9 Å². The largest absolute Gasteiger partial charge is 0.370 e. The second-order valence-electron chi connectivity index (χ2n) is 5.96. The van der Waals surface area contributed by atoms with Crippen LogP contribution in [0.5, 0.6) is 0 Å². The number of hydrogen-bond donors (Lipinski definition) is 0. The first-order valence-electron chi connectivity index (χ1n) is 8.15. The van der Waals surface area contributed by atoms with Gasteiger partial charge in [0.15, 0.2) is 0 Å². The molecule has 2 unspecified atom stereocenters. The van der Waals surface area contributed by atoms with Crippen LogP contribution < -0.4 is 0 Å². The third-order valence-electron chi connectivity index (χ3n) is 4.36. The van der Waals surface area contributed by atoms with Gasteiger partial charge in [0, 0.05) is 11.0 Å². The average molecular weight is 409 g/mol. The van der Waals surface area contributed by atoms with Gasteiger partial charge in [0.05, 0.1) is 23.4 Å². The summed E-state index contributed by atoms with van der Waals surface area (Å²) in [6.45, 7) is 7.20. The van der Waals surface area contributed by atoms with E-state index in [2.05, 4.69) is 34.8 Å². The van der Waals surface area contributed by atoms with E-state index in [1.165, 1.54) is 11.3 Å². The summed E-state index contributed by atoms with van der Waals surface area (Å²) < 4.78 is 7.00. The standard InChI is InChI=1S/C18H21BrN2O2S/c1-4-15-20-11(2)17(24-15)18(22)21-9-10-23-16(12(21)3)13-5-7-14(19)8-6-13/h5-8,12,16H,4,9-10H2,1-3H3. The SMILES string of the molecule is CCc1nc(C)c(C(=O)N2CCOC(c3ccc(Br)cc3)C2C)s1. The normalized spacial score (nSPS) is 21.1. The van der Waals surface area contributed by atoms with Gasteiger partial charge < -0.3 is 9.64 Å². The van der Waals surface area contributed by atoms with E-state index < -0.39 is 0 Å². The van der Waals surface area contributed by atoms with Crippen molar-refractivity contribution < 1.29 is 9.53 Å². The second-order valence-corrected chi connectivity index (χ2v) is 7.96. The molecule has 0 saturated carbocycles. The van der Waals surface area contributed by atoms with Crippen molar-refractivity contribution >= 4 is 33.2 Å². The van der Waals surface area contributed by atoms with Crippen LogP contribution in [0.15, 0.2) is 28.7 Å². The lowest BCUT2D eigenvalue weighted by Gasteiger charge is -2.39. The highest BCUT2D eigenvalue weighted by Crippen LogP contribution is 2.31. The van der Waals surface area contributed by atoms with Crippen LogP contribution in [0.1, 0.15) is 45.9 Å². The number of nitrogens with zero attached hydrogens (tertiary/aromatic N) is 2. The first kappa shape index (κ1) is 17.6. The molecule has 1 saturated heterocycles. The van der Waals surface area contributed by atoms with Crippen molar-refractivity contribution in [1.29, 1.82) is 0 Å². The second kappa shape index (κ2) is 7.33. The van der Waals surface area contributed by atoms with Gasteiger partial charge in [-0.25, -0.2) is 4.98 Å². The van der Waals surface area contributed by atoms with Gasteiger partial charge in [-0.3, -0.25) is 4.79 Å². The molecule has 1 fully saturated rings. The monoisotopic (exact) mass is 408 g/mol. The molecule has 0 spiro atoms. The van der Waals surface area contributed by atoms with Gasteiger partial charge >= 0.3 is 0 Å². The van der Waals surface area contributed by atoms with Crippen LogP contribution in [0, 0.1) is 6.92 Å². The molecule has 128 valence electrons. The molecule has 0 radical (unpaired) electrons. The zero-order valence-electron chi connectivity index (χ0n) is 14.1. The van der Waals surface area contributed by atoms with Gasteiger partial charge in [-0.15, -0.1) is 11.3 Å². The molecule has 2 heterocycles. The molecule has 0 N–H and O–H groups in total. The fourth-order valence-electron chi connectivity index (χ4n) is 3.03. The van der Waals surface area contributed by atoms with Gasteiger partial charge in [-0.05, 0) is 38.0 Å². The Kier molecular flexibility index (Phi) is 5.37. The molecule has 1 aromatic carbocycles. The highest BCUT2D eigenvalue weighted by Gasteiger charge is 2.34. The van der Waals surface area contributed by atoms with Crippen molar-refractivity contribution in [1.82, 2.24) is 9.88 Å². The fraction of sp³-hybridized carbons (Fsp3) is 0.444. The van der Waals surface area contributed by atoms with E-state index in [1.54, 1.807) is 0 Å². The van der Waals surface area contributed by atoms with Crippen LogP contribution in [0.25, 0.3) is 0 Å². The van der Waals surface area contributed by atoms with Gasteiger partial charge in [-0.1, -0.05) is 35.0 Å². The number of carbonyl (C=O) groups excluding carboxylic acids is 1. The number of benzene rings is 1. The van der Waals surface area contributed by atoms with E-state index in [-0.39, 0.29) is 18.1 Å². The van der Waals surface area contributed by atoms with Crippen LogP contribution in [0.4, 0.5) is 0 Å². The topological polar surface area (TPSA) is 42.4 Å². The van der Waals surface area contributed by atoms with Gasteiger partial charge in [0.1, 0.15) is 11.0 Å². The van der Waals surface area contributed by atoms with Crippen molar-refractivity contribution in [2.24, 2.45) is 0 Å².